The minimum Gasteiger partial charge on any atom is -0.320 e. The van der Waals surface area contributed by atoms with E-state index in [-0.39, 0.29) is 5.91 Å². The Kier molecular flexibility index (Phi) is 7.66. The van der Waals surface area contributed by atoms with E-state index in [1.165, 1.54) is 12.0 Å². The van der Waals surface area contributed by atoms with Gasteiger partial charge >= 0.3 is 0 Å². The first-order chi connectivity index (χ1) is 17.3. The first kappa shape index (κ1) is 23.5. The molecule has 0 unspecified atom stereocenters. The molecule has 178 valence electrons. The van der Waals surface area contributed by atoms with Gasteiger partial charge in [-0.25, -0.2) is 4.98 Å². The number of thiazole rings is 1. The Hall–Kier alpha value is -3.28. The fourth-order valence-electron chi connectivity index (χ4n) is 4.78. The van der Waals surface area contributed by atoms with Gasteiger partial charge in [-0.1, -0.05) is 78.9 Å². The Morgan fingerprint density at radius 3 is 2.37 bits per heavy atom. The quantitative estimate of drug-likeness (QED) is 0.298. The van der Waals surface area contributed by atoms with Gasteiger partial charge in [0.05, 0.1) is 5.01 Å². The number of anilines is 1. The molecule has 0 saturated carbocycles. The number of nitrogens with zero attached hydrogens (tertiary/aromatic N) is 2. The van der Waals surface area contributed by atoms with E-state index in [2.05, 4.69) is 52.7 Å². The number of rotatable bonds is 8. The molecule has 1 saturated heterocycles. The van der Waals surface area contributed by atoms with Crippen LogP contribution in [0.1, 0.15) is 46.2 Å². The first-order valence-corrected chi connectivity index (χ1v) is 13.3. The van der Waals surface area contributed by atoms with E-state index in [0.717, 1.165) is 60.7 Å². The number of aromatic nitrogens is 1. The smallest absolute Gasteiger partial charge is 0.275 e. The maximum atomic E-state index is 13.0. The zero-order valence-electron chi connectivity index (χ0n) is 19.9. The number of piperidine rings is 1. The van der Waals surface area contributed by atoms with Crippen molar-refractivity contribution in [2.75, 3.05) is 25.0 Å². The molecule has 0 radical (unpaired) electrons. The average Bonchev–Trinajstić information content (AvgIpc) is 3.41. The average molecular weight is 482 g/mol. The Labute approximate surface area is 211 Å². The van der Waals surface area contributed by atoms with Crippen LogP contribution in [0, 0.1) is 0 Å². The summed E-state index contributed by atoms with van der Waals surface area (Å²) in [6.45, 7) is 3.35. The van der Waals surface area contributed by atoms with Crippen molar-refractivity contribution < 1.29 is 4.79 Å². The molecule has 1 aromatic heterocycles. The maximum absolute atomic E-state index is 13.0. The molecule has 5 heteroatoms. The summed E-state index contributed by atoms with van der Waals surface area (Å²) in [5.41, 5.74) is 4.83. The third-order valence-corrected chi connectivity index (χ3v) is 7.74. The van der Waals surface area contributed by atoms with Crippen molar-refractivity contribution >= 4 is 22.9 Å². The lowest BCUT2D eigenvalue weighted by atomic mass is 9.97. The minimum absolute atomic E-state index is 0.144. The van der Waals surface area contributed by atoms with E-state index < -0.39 is 0 Å². The molecule has 1 N–H and O–H groups in total. The van der Waals surface area contributed by atoms with Crippen molar-refractivity contribution in [2.24, 2.45) is 0 Å². The number of para-hydroxylation sites is 1. The van der Waals surface area contributed by atoms with Crippen LogP contribution in [-0.4, -0.2) is 35.4 Å². The Morgan fingerprint density at radius 1 is 0.914 bits per heavy atom. The standard InChI is InChI=1S/C30H31N3OS/c34-29(31-27-16-8-7-15-26(27)24-13-5-2-6-14-24)28-22-35-30(32-28)25-17-20-33(21-18-25)19-9-12-23-10-3-1-4-11-23/h1-8,10-11,13-16,22,25H,9,12,17-21H2,(H,31,34). The summed E-state index contributed by atoms with van der Waals surface area (Å²) >= 11 is 1.62. The molecule has 1 aliphatic rings. The summed E-state index contributed by atoms with van der Waals surface area (Å²) in [6.07, 6.45) is 4.55. The number of carbonyl (C=O) groups is 1. The molecular formula is C30H31N3OS. The van der Waals surface area contributed by atoms with Crippen LogP contribution in [-0.2, 0) is 6.42 Å². The van der Waals surface area contributed by atoms with Gasteiger partial charge in [0.2, 0.25) is 0 Å². The van der Waals surface area contributed by atoms with Crippen molar-refractivity contribution in [1.29, 1.82) is 0 Å². The fraction of sp³-hybridized carbons (Fsp3) is 0.267. The monoisotopic (exact) mass is 481 g/mol. The van der Waals surface area contributed by atoms with E-state index in [1.807, 2.05) is 47.8 Å². The number of aryl methyl sites for hydroxylation is 1. The molecule has 1 amide bonds. The third kappa shape index (κ3) is 6.05. The summed E-state index contributed by atoms with van der Waals surface area (Å²) in [5.74, 6) is 0.303. The molecule has 0 atom stereocenters. The predicted molar refractivity (Wildman–Crippen MR) is 145 cm³/mol. The van der Waals surface area contributed by atoms with Crippen molar-refractivity contribution in [3.63, 3.8) is 0 Å². The van der Waals surface area contributed by atoms with E-state index >= 15 is 0 Å². The van der Waals surface area contributed by atoms with Gasteiger partial charge in [0.1, 0.15) is 5.69 Å². The largest absolute Gasteiger partial charge is 0.320 e. The molecule has 35 heavy (non-hydrogen) atoms. The van der Waals surface area contributed by atoms with Crippen LogP contribution in [0.25, 0.3) is 11.1 Å². The molecule has 4 aromatic rings. The predicted octanol–water partition coefficient (Wildman–Crippen LogP) is 6.87. The highest BCUT2D eigenvalue weighted by atomic mass is 32.1. The molecule has 0 aliphatic carbocycles. The van der Waals surface area contributed by atoms with Crippen molar-refractivity contribution in [3.8, 4) is 11.1 Å². The highest BCUT2D eigenvalue weighted by molar-refractivity contribution is 7.10. The fourth-order valence-corrected chi connectivity index (χ4v) is 5.75. The molecule has 5 rings (SSSR count). The summed E-state index contributed by atoms with van der Waals surface area (Å²) < 4.78 is 0. The van der Waals surface area contributed by atoms with Gasteiger partial charge in [-0.05, 0) is 62.5 Å². The summed E-state index contributed by atoms with van der Waals surface area (Å²) in [5, 5.41) is 6.08. The number of hydrogen-bond acceptors (Lipinski definition) is 4. The van der Waals surface area contributed by atoms with Crippen LogP contribution in [0.2, 0.25) is 0 Å². The summed E-state index contributed by atoms with van der Waals surface area (Å²) in [4.78, 5) is 20.3. The zero-order chi connectivity index (χ0) is 23.9. The second-order valence-corrected chi connectivity index (χ2v) is 10.0. The molecular weight excluding hydrogens is 450 g/mol. The molecule has 0 spiro atoms. The number of likely N-dealkylation sites (tertiary alicyclic amines) is 1. The lowest BCUT2D eigenvalue weighted by molar-refractivity contribution is 0.102. The number of benzene rings is 3. The van der Waals surface area contributed by atoms with Crippen molar-refractivity contribution in [1.82, 2.24) is 9.88 Å². The van der Waals surface area contributed by atoms with Crippen LogP contribution in [0.4, 0.5) is 5.69 Å². The van der Waals surface area contributed by atoms with Gasteiger partial charge in [-0.2, -0.15) is 0 Å². The van der Waals surface area contributed by atoms with Crippen LogP contribution in [0.3, 0.4) is 0 Å². The summed E-state index contributed by atoms with van der Waals surface area (Å²) in [6, 6.07) is 28.8. The van der Waals surface area contributed by atoms with Gasteiger partial charge in [0.15, 0.2) is 0 Å². The van der Waals surface area contributed by atoms with E-state index in [4.69, 9.17) is 4.98 Å². The van der Waals surface area contributed by atoms with E-state index in [1.54, 1.807) is 11.3 Å². The van der Waals surface area contributed by atoms with Crippen molar-refractivity contribution in [2.45, 2.75) is 31.6 Å². The Morgan fingerprint density at radius 2 is 1.60 bits per heavy atom. The van der Waals surface area contributed by atoms with E-state index in [9.17, 15) is 4.79 Å². The molecule has 1 aliphatic heterocycles. The molecule has 3 aromatic carbocycles. The number of hydrogen-bond donors (Lipinski definition) is 1. The second-order valence-electron chi connectivity index (χ2n) is 9.14. The highest BCUT2D eigenvalue weighted by Gasteiger charge is 2.24. The van der Waals surface area contributed by atoms with Gasteiger partial charge in [-0.15, -0.1) is 11.3 Å². The second kappa shape index (κ2) is 11.4. The van der Waals surface area contributed by atoms with Gasteiger partial charge < -0.3 is 10.2 Å². The minimum atomic E-state index is -0.144. The van der Waals surface area contributed by atoms with Gasteiger partial charge in [0, 0.05) is 22.5 Å². The van der Waals surface area contributed by atoms with Gasteiger partial charge in [0.25, 0.3) is 5.91 Å². The molecule has 2 heterocycles. The van der Waals surface area contributed by atoms with Crippen LogP contribution < -0.4 is 5.32 Å². The normalized spacial score (nSPS) is 14.6. The van der Waals surface area contributed by atoms with Crippen LogP contribution >= 0.6 is 11.3 Å². The Bertz CT molecular complexity index is 1230. The molecule has 0 bridgehead atoms. The van der Waals surface area contributed by atoms with Crippen LogP contribution in [0.5, 0.6) is 0 Å². The first-order valence-electron chi connectivity index (χ1n) is 12.4. The number of nitrogens with one attached hydrogen (secondary N) is 1. The van der Waals surface area contributed by atoms with Gasteiger partial charge in [-0.3, -0.25) is 4.79 Å². The lowest BCUT2D eigenvalue weighted by Gasteiger charge is -2.31. The summed E-state index contributed by atoms with van der Waals surface area (Å²) in [7, 11) is 0. The number of carbonyl (C=O) groups excluding carboxylic acids is 1. The maximum Gasteiger partial charge on any atom is 0.275 e. The zero-order valence-corrected chi connectivity index (χ0v) is 20.7. The van der Waals surface area contributed by atoms with Crippen LogP contribution in [0.15, 0.2) is 90.3 Å². The molecule has 4 nitrogen and oxygen atoms in total. The Balaban J connectivity index is 1.14. The molecule has 1 fully saturated rings. The van der Waals surface area contributed by atoms with Crippen molar-refractivity contribution in [3.05, 3.63) is 107 Å². The topological polar surface area (TPSA) is 45.2 Å². The SMILES string of the molecule is O=C(Nc1ccccc1-c1ccccc1)c1csc(C2CCN(CCCc3ccccc3)CC2)n1. The third-order valence-electron chi connectivity index (χ3n) is 6.73. The highest BCUT2D eigenvalue weighted by Crippen LogP contribution is 2.31. The van der Waals surface area contributed by atoms with E-state index in [0.29, 0.717) is 11.6 Å². The number of amides is 1. The lowest BCUT2D eigenvalue weighted by Crippen LogP contribution is -2.33.